The third-order valence-corrected chi connectivity index (χ3v) is 9.39. The molecule has 0 unspecified atom stereocenters. The van der Waals surface area contributed by atoms with E-state index in [1.165, 1.54) is 31.2 Å². The maximum absolute atomic E-state index is 13.8. The van der Waals surface area contributed by atoms with Crippen LogP contribution in [0.2, 0.25) is 0 Å². The Bertz CT molecular complexity index is 1830. The highest BCUT2D eigenvalue weighted by Gasteiger charge is 2.32. The van der Waals surface area contributed by atoms with E-state index in [9.17, 15) is 38.1 Å². The van der Waals surface area contributed by atoms with E-state index in [1.54, 1.807) is 13.8 Å². The third-order valence-electron chi connectivity index (χ3n) is 8.95. The molecule has 0 aliphatic heterocycles. The van der Waals surface area contributed by atoms with Crippen molar-refractivity contribution < 1.29 is 57.5 Å². The number of aliphatic carboxylic acids is 1. The molecule has 0 bridgehead atoms. The molecule has 0 radical (unpaired) electrons. The highest BCUT2D eigenvalue weighted by Crippen LogP contribution is 2.37. The van der Waals surface area contributed by atoms with Crippen LogP contribution in [0, 0.1) is 11.8 Å². The summed E-state index contributed by atoms with van der Waals surface area (Å²) in [4.78, 5) is 118. The number of carbonyl (C=O) groups is 7. The van der Waals surface area contributed by atoms with Gasteiger partial charge in [0.25, 0.3) is 0 Å². The van der Waals surface area contributed by atoms with Crippen molar-refractivity contribution in [3.63, 3.8) is 0 Å². The summed E-state index contributed by atoms with van der Waals surface area (Å²) in [7, 11) is -4.89. The number of nitrogens with two attached hydrogens (primary N) is 5. The highest BCUT2D eigenvalue weighted by atomic mass is 31.2. The zero-order chi connectivity index (χ0) is 48.7. The minimum absolute atomic E-state index is 0.0435. The molecule has 0 saturated carbocycles. The van der Waals surface area contributed by atoms with Gasteiger partial charge in [0.2, 0.25) is 35.4 Å². The summed E-state index contributed by atoms with van der Waals surface area (Å²) in [6.07, 6.45) is 0.591. The zero-order valence-electron chi connectivity index (χ0n) is 36.7. The van der Waals surface area contributed by atoms with Crippen molar-refractivity contribution in [2.45, 2.75) is 116 Å². The topological polar surface area (TPSA) is 433 Å². The summed E-state index contributed by atoms with van der Waals surface area (Å²) in [6, 6.07) is -2.28. The molecule has 6 atom stereocenters. The van der Waals surface area contributed by atoms with Crippen molar-refractivity contribution in [2.75, 3.05) is 19.6 Å². The molecule has 0 aromatic heterocycles. The summed E-state index contributed by atoms with van der Waals surface area (Å²) in [5.41, 5.74) is 28.2. The predicted molar refractivity (Wildman–Crippen MR) is 235 cm³/mol. The second-order valence-corrected chi connectivity index (χ2v) is 16.9. The summed E-state index contributed by atoms with van der Waals surface area (Å²) in [6.45, 7) is 8.05. The zero-order valence-corrected chi connectivity index (χ0v) is 37.6. The number of phosphoric ester groups is 1. The van der Waals surface area contributed by atoms with Crippen LogP contribution in [0.25, 0.3) is 0 Å². The molecule has 1 aromatic carbocycles. The number of hydrogen-bond acceptors (Lipinski definition) is 12. The predicted octanol–water partition coefficient (Wildman–Crippen LogP) is -3.13. The Morgan fingerprint density at radius 1 is 0.641 bits per heavy atom. The van der Waals surface area contributed by atoms with E-state index in [0.29, 0.717) is 12.0 Å². The molecule has 0 aliphatic carbocycles. The Morgan fingerprint density at radius 3 is 1.56 bits per heavy atom. The van der Waals surface area contributed by atoms with Crippen LogP contribution in [0.3, 0.4) is 0 Å². The van der Waals surface area contributed by atoms with Crippen molar-refractivity contribution in [3.05, 3.63) is 29.8 Å². The van der Waals surface area contributed by atoms with Crippen LogP contribution < -0.4 is 65.1 Å². The Hall–Kier alpha value is -6.04. The first-order valence-corrected chi connectivity index (χ1v) is 22.0. The number of guanidine groups is 2. The maximum Gasteiger partial charge on any atom is 0.524 e. The van der Waals surface area contributed by atoms with Gasteiger partial charge in [-0.3, -0.25) is 53.3 Å². The molecule has 26 heteroatoms. The number of benzene rings is 1. The van der Waals surface area contributed by atoms with Gasteiger partial charge in [0.1, 0.15) is 42.5 Å². The van der Waals surface area contributed by atoms with Gasteiger partial charge in [0, 0.05) is 19.5 Å². The molecule has 25 nitrogen and oxygen atoms in total. The lowest BCUT2D eigenvalue weighted by molar-refractivity contribution is -0.138. The minimum Gasteiger partial charge on any atom is -0.480 e. The molecule has 0 heterocycles. The second-order valence-electron chi connectivity index (χ2n) is 15.8. The number of phosphoric acid groups is 1. The molecule has 360 valence electrons. The van der Waals surface area contributed by atoms with Crippen LogP contribution in [0.15, 0.2) is 34.3 Å². The van der Waals surface area contributed by atoms with Gasteiger partial charge in [-0.05, 0) is 75.0 Å². The van der Waals surface area contributed by atoms with Crippen LogP contribution in [0.4, 0.5) is 0 Å². The number of hydrogen-bond donors (Lipinski definition) is 14. The number of nitrogens with one attached hydrogen (secondary N) is 6. The van der Waals surface area contributed by atoms with E-state index in [0.717, 1.165) is 0 Å². The molecule has 1 rings (SSSR count). The SMILES string of the molecule is CC(C)C[C@H](NC(=O)[C@H](Cc1ccc(OP(=O)(O)O)cc1)NC(=O)[C@H](C)NC(=O)[C@H](CCCN=C(N)N)NC(=O)[C@H](CCCN=C(N)N)NC(=O)[C@@H](N)CC(C)C)C(=O)NCC(=O)O. The van der Waals surface area contributed by atoms with E-state index in [2.05, 4.69) is 46.4 Å². The van der Waals surface area contributed by atoms with E-state index in [4.69, 9.17) is 43.6 Å². The summed E-state index contributed by atoms with van der Waals surface area (Å²) >= 11 is 0. The Labute approximate surface area is 371 Å². The molecule has 0 spiro atoms. The lowest BCUT2D eigenvalue weighted by Gasteiger charge is -2.27. The average Bonchev–Trinajstić information content (AvgIpc) is 3.17. The van der Waals surface area contributed by atoms with Gasteiger partial charge in [-0.25, -0.2) is 4.57 Å². The van der Waals surface area contributed by atoms with Crippen LogP contribution in [0.1, 0.15) is 78.7 Å². The van der Waals surface area contributed by atoms with Crippen LogP contribution >= 0.6 is 7.82 Å². The monoisotopic (exact) mass is 927 g/mol. The van der Waals surface area contributed by atoms with Gasteiger partial charge >= 0.3 is 13.8 Å². The molecule has 1 aromatic rings. The van der Waals surface area contributed by atoms with E-state index in [-0.39, 0.29) is 81.1 Å². The normalized spacial score (nSPS) is 14.0. The Kier molecular flexibility index (Phi) is 24.4. The van der Waals surface area contributed by atoms with E-state index in [1.807, 2.05) is 13.8 Å². The largest absolute Gasteiger partial charge is 0.524 e. The van der Waals surface area contributed by atoms with Gasteiger partial charge in [0.05, 0.1) is 6.04 Å². The van der Waals surface area contributed by atoms with Gasteiger partial charge in [-0.2, -0.15) is 0 Å². The number of carboxylic acids is 1. The lowest BCUT2D eigenvalue weighted by Crippen LogP contribution is -2.59. The number of carboxylic acid groups (broad SMARTS) is 1. The smallest absolute Gasteiger partial charge is 0.480 e. The van der Waals surface area contributed by atoms with Gasteiger partial charge < -0.3 is 70.2 Å². The summed E-state index contributed by atoms with van der Waals surface area (Å²) in [5.74, 6) is -6.74. The first-order chi connectivity index (χ1) is 29.8. The maximum atomic E-state index is 13.8. The van der Waals surface area contributed by atoms with Crippen LogP contribution in [-0.2, 0) is 44.5 Å². The second kappa shape index (κ2) is 27.9. The van der Waals surface area contributed by atoms with Crippen LogP contribution in [0.5, 0.6) is 5.75 Å². The number of aliphatic imine (C=N–C) groups is 2. The quantitative estimate of drug-likeness (QED) is 0.0163. The summed E-state index contributed by atoms with van der Waals surface area (Å²) < 4.78 is 15.9. The minimum atomic E-state index is -4.89. The summed E-state index contributed by atoms with van der Waals surface area (Å²) in [5, 5.41) is 24.2. The van der Waals surface area contributed by atoms with Crippen molar-refractivity contribution in [1.29, 1.82) is 0 Å². The molecule has 0 fully saturated rings. The molecule has 19 N–H and O–H groups in total. The van der Waals surface area contributed by atoms with Crippen molar-refractivity contribution in [1.82, 2.24) is 31.9 Å². The number of rotatable bonds is 29. The number of carbonyl (C=O) groups excluding carboxylic acids is 6. The first kappa shape index (κ1) is 56.0. The molecule has 0 aliphatic rings. The third kappa shape index (κ3) is 24.0. The first-order valence-electron chi connectivity index (χ1n) is 20.5. The highest BCUT2D eigenvalue weighted by molar-refractivity contribution is 7.46. The average molecular weight is 928 g/mol. The van der Waals surface area contributed by atoms with Crippen molar-refractivity contribution >= 4 is 61.2 Å². The van der Waals surface area contributed by atoms with Crippen molar-refractivity contribution in [2.24, 2.45) is 50.5 Å². The fourth-order valence-corrected chi connectivity index (χ4v) is 6.31. The van der Waals surface area contributed by atoms with Gasteiger partial charge in [0.15, 0.2) is 11.9 Å². The van der Waals surface area contributed by atoms with Crippen molar-refractivity contribution in [3.8, 4) is 5.75 Å². The van der Waals surface area contributed by atoms with Gasteiger partial charge in [-0.1, -0.05) is 39.8 Å². The Balaban J connectivity index is 3.44. The lowest BCUT2D eigenvalue weighted by atomic mass is 10.0. The van der Waals surface area contributed by atoms with Crippen LogP contribution in [-0.4, -0.2) is 124 Å². The van der Waals surface area contributed by atoms with E-state index >= 15 is 0 Å². The molecular weight excluding hydrogens is 861 g/mol. The number of amides is 6. The standard InChI is InChI=1S/C38H66N13O12P/c1-20(2)16-25(39)32(55)48-27(9-7-15-45-38(42)43)35(58)49-26(8-6-14-44-37(40)41)34(57)47-22(5)31(54)50-29(18-23-10-12-24(13-11-23)63-64(60,61)62)36(59)51-28(17-21(3)4)33(56)46-19-30(52)53/h10-13,20-22,25-29H,6-9,14-19,39H2,1-5H3,(H,46,56)(H,47,57)(H,48,55)(H,49,58)(H,50,54)(H,51,59)(H,52,53)(H4,40,41,44)(H4,42,43,45)(H2,60,61,62)/t22-,25-,26-,27-,28-,29-/m0/s1. The molecule has 6 amide bonds. The fraction of sp³-hybridized carbons (Fsp3) is 0.605. The molecule has 0 saturated heterocycles. The van der Waals surface area contributed by atoms with Gasteiger partial charge in [-0.15, -0.1) is 0 Å². The fourth-order valence-electron chi connectivity index (χ4n) is 5.92. The molecular formula is C38H66N13O12P. The molecule has 64 heavy (non-hydrogen) atoms. The Morgan fingerprint density at radius 2 is 1.09 bits per heavy atom. The number of nitrogens with zero attached hydrogens (tertiary/aromatic N) is 2. The van der Waals surface area contributed by atoms with E-state index < -0.39 is 92.0 Å².